The van der Waals surface area contributed by atoms with Gasteiger partial charge in [-0.25, -0.2) is 0 Å². The molecule has 1 aliphatic carbocycles. The minimum Gasteiger partial charge on any atom is -0.324 e. The lowest BCUT2D eigenvalue weighted by molar-refractivity contribution is 0.498. The van der Waals surface area contributed by atoms with Crippen LogP contribution in [0, 0.1) is 5.92 Å². The summed E-state index contributed by atoms with van der Waals surface area (Å²) in [7, 11) is 0. The van der Waals surface area contributed by atoms with E-state index < -0.39 is 0 Å². The standard InChI is InChI=1S/C14H26N4S/c1-3-5-6-11(4-2)10-19-14-17-16-13(9-15)18(14)12-7-8-12/h11-12H,3-10,15H2,1-2H3. The van der Waals surface area contributed by atoms with Gasteiger partial charge in [-0.1, -0.05) is 44.9 Å². The Hall–Kier alpha value is -0.550. The van der Waals surface area contributed by atoms with Crippen LogP contribution in [0.25, 0.3) is 0 Å². The summed E-state index contributed by atoms with van der Waals surface area (Å²) in [6, 6.07) is 0.617. The average Bonchev–Trinajstić information content (AvgIpc) is 3.19. The molecule has 4 nitrogen and oxygen atoms in total. The molecule has 1 fully saturated rings. The minimum atomic E-state index is 0.497. The Bertz CT molecular complexity index is 387. The molecule has 19 heavy (non-hydrogen) atoms. The normalized spacial score (nSPS) is 16.8. The predicted octanol–water partition coefficient (Wildman–Crippen LogP) is 3.38. The molecule has 0 radical (unpaired) electrons. The van der Waals surface area contributed by atoms with Crippen LogP contribution >= 0.6 is 11.8 Å². The Labute approximate surface area is 120 Å². The molecule has 1 aliphatic rings. The van der Waals surface area contributed by atoms with Gasteiger partial charge in [0.2, 0.25) is 0 Å². The van der Waals surface area contributed by atoms with Crippen molar-refractivity contribution >= 4 is 11.8 Å². The minimum absolute atomic E-state index is 0.497. The SMILES string of the molecule is CCCCC(CC)CSc1nnc(CN)n1C1CC1. The van der Waals surface area contributed by atoms with Crippen LogP contribution < -0.4 is 5.73 Å². The summed E-state index contributed by atoms with van der Waals surface area (Å²) in [5.74, 6) is 2.91. The molecule has 2 N–H and O–H groups in total. The highest BCUT2D eigenvalue weighted by molar-refractivity contribution is 7.99. The van der Waals surface area contributed by atoms with E-state index in [1.807, 2.05) is 11.8 Å². The van der Waals surface area contributed by atoms with Crippen LogP contribution in [0.1, 0.15) is 64.2 Å². The molecule has 0 bridgehead atoms. The Balaban J connectivity index is 1.93. The lowest BCUT2D eigenvalue weighted by Crippen LogP contribution is -2.09. The zero-order valence-corrected chi connectivity index (χ0v) is 13.0. The van der Waals surface area contributed by atoms with Crippen molar-refractivity contribution in [2.24, 2.45) is 11.7 Å². The first-order valence-electron chi connectivity index (χ1n) is 7.56. The molecule has 0 saturated heterocycles. The predicted molar refractivity (Wildman–Crippen MR) is 80.2 cm³/mol. The van der Waals surface area contributed by atoms with Crippen LogP contribution in [0.2, 0.25) is 0 Å². The molecular formula is C14H26N4S. The van der Waals surface area contributed by atoms with E-state index >= 15 is 0 Å². The molecule has 0 aliphatic heterocycles. The van der Waals surface area contributed by atoms with Crippen LogP contribution in [0.15, 0.2) is 5.16 Å². The zero-order chi connectivity index (χ0) is 13.7. The van der Waals surface area contributed by atoms with Crippen molar-refractivity contribution in [3.63, 3.8) is 0 Å². The molecule has 0 amide bonds. The maximum absolute atomic E-state index is 5.74. The van der Waals surface area contributed by atoms with E-state index in [1.165, 1.54) is 38.5 Å². The van der Waals surface area contributed by atoms with E-state index in [0.29, 0.717) is 12.6 Å². The Morgan fingerprint density at radius 1 is 1.37 bits per heavy atom. The second-order valence-electron chi connectivity index (χ2n) is 5.43. The van der Waals surface area contributed by atoms with Crippen LogP contribution in [0.3, 0.4) is 0 Å². The largest absolute Gasteiger partial charge is 0.324 e. The number of nitrogens with two attached hydrogens (primary N) is 1. The third kappa shape index (κ3) is 3.96. The molecule has 1 atom stereocenters. The van der Waals surface area contributed by atoms with E-state index in [1.54, 1.807) is 0 Å². The highest BCUT2D eigenvalue weighted by atomic mass is 32.2. The van der Waals surface area contributed by atoms with Crippen molar-refractivity contribution < 1.29 is 0 Å². The smallest absolute Gasteiger partial charge is 0.191 e. The topological polar surface area (TPSA) is 56.7 Å². The number of rotatable bonds is 9. The number of hydrogen-bond acceptors (Lipinski definition) is 4. The monoisotopic (exact) mass is 282 g/mol. The van der Waals surface area contributed by atoms with Gasteiger partial charge in [-0.05, 0) is 25.2 Å². The molecule has 108 valence electrons. The summed E-state index contributed by atoms with van der Waals surface area (Å²) >= 11 is 1.87. The van der Waals surface area contributed by atoms with Crippen molar-refractivity contribution in [3.8, 4) is 0 Å². The lowest BCUT2D eigenvalue weighted by Gasteiger charge is -2.14. The number of aromatic nitrogens is 3. The second kappa shape index (κ2) is 7.29. The zero-order valence-electron chi connectivity index (χ0n) is 12.1. The summed E-state index contributed by atoms with van der Waals surface area (Å²) in [4.78, 5) is 0. The molecule has 2 rings (SSSR count). The van der Waals surface area contributed by atoms with Gasteiger partial charge in [-0.3, -0.25) is 0 Å². The van der Waals surface area contributed by atoms with Gasteiger partial charge in [-0.15, -0.1) is 10.2 Å². The van der Waals surface area contributed by atoms with E-state index in [9.17, 15) is 0 Å². The Morgan fingerprint density at radius 2 is 2.16 bits per heavy atom. The number of unbranched alkanes of at least 4 members (excludes halogenated alkanes) is 1. The van der Waals surface area contributed by atoms with Gasteiger partial charge in [0.25, 0.3) is 0 Å². The second-order valence-corrected chi connectivity index (χ2v) is 6.42. The summed E-state index contributed by atoms with van der Waals surface area (Å²) in [5, 5.41) is 9.64. The first kappa shape index (κ1) is 14.9. The van der Waals surface area contributed by atoms with Crippen LogP contribution in [0.5, 0.6) is 0 Å². The van der Waals surface area contributed by atoms with E-state index in [-0.39, 0.29) is 0 Å². The van der Waals surface area contributed by atoms with Gasteiger partial charge in [0.05, 0.1) is 6.54 Å². The van der Waals surface area contributed by atoms with Gasteiger partial charge in [-0.2, -0.15) is 0 Å². The van der Waals surface area contributed by atoms with Crippen LogP contribution in [0.4, 0.5) is 0 Å². The van der Waals surface area contributed by atoms with Crippen molar-refractivity contribution in [2.45, 2.75) is 70.1 Å². The van der Waals surface area contributed by atoms with Gasteiger partial charge >= 0.3 is 0 Å². The van der Waals surface area contributed by atoms with Crippen LogP contribution in [-0.2, 0) is 6.54 Å². The summed E-state index contributed by atoms with van der Waals surface area (Å²) in [6.07, 6.45) is 7.73. The summed E-state index contributed by atoms with van der Waals surface area (Å²) < 4.78 is 2.28. The molecule has 1 aromatic heterocycles. The molecule has 1 unspecified atom stereocenters. The Morgan fingerprint density at radius 3 is 2.74 bits per heavy atom. The molecule has 5 heteroatoms. The highest BCUT2D eigenvalue weighted by Crippen LogP contribution is 2.39. The maximum atomic E-state index is 5.74. The fraction of sp³-hybridized carbons (Fsp3) is 0.857. The van der Waals surface area contributed by atoms with Gasteiger partial charge in [0.15, 0.2) is 5.16 Å². The molecular weight excluding hydrogens is 256 g/mol. The van der Waals surface area contributed by atoms with Crippen molar-refractivity contribution in [2.75, 3.05) is 5.75 Å². The van der Waals surface area contributed by atoms with Gasteiger partial charge in [0.1, 0.15) is 5.82 Å². The molecule has 0 aromatic carbocycles. The van der Waals surface area contributed by atoms with E-state index in [2.05, 4.69) is 28.6 Å². The quantitative estimate of drug-likeness (QED) is 0.705. The fourth-order valence-corrected chi connectivity index (χ4v) is 3.61. The molecule has 1 aromatic rings. The van der Waals surface area contributed by atoms with Crippen molar-refractivity contribution in [1.82, 2.24) is 14.8 Å². The highest BCUT2D eigenvalue weighted by Gasteiger charge is 2.29. The van der Waals surface area contributed by atoms with Crippen molar-refractivity contribution in [3.05, 3.63) is 5.82 Å². The number of nitrogens with zero attached hydrogens (tertiary/aromatic N) is 3. The summed E-state index contributed by atoms with van der Waals surface area (Å²) in [6.45, 7) is 5.05. The molecule has 0 spiro atoms. The van der Waals surface area contributed by atoms with Gasteiger partial charge in [0, 0.05) is 11.8 Å². The number of hydrogen-bond donors (Lipinski definition) is 1. The average molecular weight is 282 g/mol. The number of thioether (sulfide) groups is 1. The van der Waals surface area contributed by atoms with E-state index in [4.69, 9.17) is 5.73 Å². The maximum Gasteiger partial charge on any atom is 0.191 e. The summed E-state index contributed by atoms with van der Waals surface area (Å²) in [5.41, 5.74) is 5.74. The Kier molecular flexibility index (Phi) is 5.70. The van der Waals surface area contributed by atoms with E-state index in [0.717, 1.165) is 22.7 Å². The van der Waals surface area contributed by atoms with Crippen molar-refractivity contribution in [1.29, 1.82) is 0 Å². The van der Waals surface area contributed by atoms with Gasteiger partial charge < -0.3 is 10.3 Å². The van der Waals surface area contributed by atoms with Crippen LogP contribution in [-0.4, -0.2) is 20.5 Å². The first-order valence-corrected chi connectivity index (χ1v) is 8.55. The fourth-order valence-electron chi connectivity index (χ4n) is 2.34. The third-order valence-corrected chi connectivity index (χ3v) is 5.00. The molecule has 1 saturated carbocycles. The third-order valence-electron chi connectivity index (χ3n) is 3.82. The molecule has 1 heterocycles. The first-order chi connectivity index (χ1) is 9.30. The lowest BCUT2D eigenvalue weighted by atomic mass is 10.0.